The van der Waals surface area contributed by atoms with E-state index in [0.29, 0.717) is 13.0 Å². The Labute approximate surface area is 95.9 Å². The Balaban J connectivity index is 4.14. The van der Waals surface area contributed by atoms with Gasteiger partial charge < -0.3 is 21.1 Å². The topological polar surface area (TPSA) is 93.5 Å². The van der Waals surface area contributed by atoms with Crippen LogP contribution in [0.2, 0.25) is 0 Å². The first-order valence-electron chi connectivity index (χ1n) is 5.32. The fraction of sp³-hybridized carbons (Fsp3) is 0.800. The number of methoxy groups -OCH3 is 1. The summed E-state index contributed by atoms with van der Waals surface area (Å²) in [4.78, 5) is 22.8. The van der Waals surface area contributed by atoms with Gasteiger partial charge in [0.1, 0.15) is 6.04 Å². The predicted octanol–water partition coefficient (Wildman–Crippen LogP) is -1.01. The van der Waals surface area contributed by atoms with Crippen LogP contribution in [-0.4, -0.2) is 44.7 Å². The van der Waals surface area contributed by atoms with E-state index in [-0.39, 0.29) is 11.9 Å². The van der Waals surface area contributed by atoms with Gasteiger partial charge in [-0.15, -0.1) is 0 Å². The molecular weight excluding hydrogens is 210 g/mol. The average molecular weight is 231 g/mol. The molecule has 0 bridgehead atoms. The molecule has 0 saturated carbocycles. The van der Waals surface area contributed by atoms with Crippen molar-refractivity contribution in [2.24, 2.45) is 5.73 Å². The van der Waals surface area contributed by atoms with E-state index in [1.54, 1.807) is 14.0 Å². The van der Waals surface area contributed by atoms with Gasteiger partial charge in [-0.1, -0.05) is 0 Å². The van der Waals surface area contributed by atoms with E-state index < -0.39 is 12.0 Å². The second-order valence-corrected chi connectivity index (χ2v) is 3.53. The number of carbonyl (C=O) groups is 2. The highest BCUT2D eigenvalue weighted by atomic mass is 16.5. The van der Waals surface area contributed by atoms with Crippen LogP contribution in [0.4, 0.5) is 0 Å². The smallest absolute Gasteiger partial charge is 0.328 e. The molecule has 94 valence electrons. The lowest BCUT2D eigenvalue weighted by Crippen LogP contribution is -2.48. The molecule has 0 radical (unpaired) electrons. The number of carbonyl (C=O) groups excluding carboxylic acids is 2. The molecule has 4 N–H and O–H groups in total. The summed E-state index contributed by atoms with van der Waals surface area (Å²) in [7, 11) is 2.98. The van der Waals surface area contributed by atoms with Gasteiger partial charge in [0.25, 0.3) is 0 Å². The molecule has 0 spiro atoms. The molecule has 0 fully saturated rings. The lowest BCUT2D eigenvalue weighted by atomic mass is 10.1. The Morgan fingerprint density at radius 2 is 2.06 bits per heavy atom. The summed E-state index contributed by atoms with van der Waals surface area (Å²) >= 11 is 0. The van der Waals surface area contributed by atoms with Crippen molar-refractivity contribution in [2.75, 3.05) is 20.7 Å². The fourth-order valence-electron chi connectivity index (χ4n) is 1.28. The first-order chi connectivity index (χ1) is 7.56. The van der Waals surface area contributed by atoms with Crippen LogP contribution in [0.1, 0.15) is 19.8 Å². The van der Waals surface area contributed by atoms with Crippen molar-refractivity contribution in [2.45, 2.75) is 31.8 Å². The van der Waals surface area contributed by atoms with Crippen LogP contribution in [-0.2, 0) is 14.3 Å². The Kier molecular flexibility index (Phi) is 7.49. The highest BCUT2D eigenvalue weighted by molar-refractivity contribution is 5.87. The molecule has 16 heavy (non-hydrogen) atoms. The quantitative estimate of drug-likeness (QED) is 0.488. The van der Waals surface area contributed by atoms with E-state index >= 15 is 0 Å². The largest absolute Gasteiger partial charge is 0.467 e. The lowest BCUT2D eigenvalue weighted by molar-refractivity contribution is -0.144. The summed E-state index contributed by atoms with van der Waals surface area (Å²) in [6.45, 7) is 2.12. The van der Waals surface area contributed by atoms with E-state index in [2.05, 4.69) is 15.4 Å². The van der Waals surface area contributed by atoms with E-state index in [9.17, 15) is 9.59 Å². The Morgan fingerprint density at radius 1 is 1.44 bits per heavy atom. The molecule has 0 aromatic rings. The molecule has 0 aliphatic carbocycles. The summed E-state index contributed by atoms with van der Waals surface area (Å²) in [5.41, 5.74) is 5.37. The van der Waals surface area contributed by atoms with Crippen LogP contribution in [0, 0.1) is 0 Å². The number of ether oxygens (including phenoxy) is 1. The third kappa shape index (κ3) is 5.09. The number of likely N-dealkylation sites (N-methyl/N-ethyl adjacent to an activating group) is 1. The van der Waals surface area contributed by atoms with Gasteiger partial charge in [0.15, 0.2) is 0 Å². The molecule has 0 aromatic heterocycles. The standard InChI is InChI=1S/C10H21N3O3/c1-7(10(15)16-3)13-9(14)8(12-2)5-4-6-11/h7-8,12H,4-6,11H2,1-3H3,(H,13,14)/t7-,8+/m1/s1. The Morgan fingerprint density at radius 3 is 2.50 bits per heavy atom. The van der Waals surface area contributed by atoms with Gasteiger partial charge in [0.05, 0.1) is 13.2 Å². The number of hydrogen-bond acceptors (Lipinski definition) is 5. The first-order valence-corrected chi connectivity index (χ1v) is 5.32. The minimum absolute atomic E-state index is 0.214. The number of nitrogens with two attached hydrogens (primary N) is 1. The van der Waals surface area contributed by atoms with Crippen molar-refractivity contribution in [1.29, 1.82) is 0 Å². The number of amides is 1. The van der Waals surface area contributed by atoms with Crippen molar-refractivity contribution >= 4 is 11.9 Å². The van der Waals surface area contributed by atoms with E-state index in [0.717, 1.165) is 6.42 Å². The Hall–Kier alpha value is -1.14. The molecular formula is C10H21N3O3. The summed E-state index contributed by atoms with van der Waals surface area (Å²) in [5, 5.41) is 5.45. The summed E-state index contributed by atoms with van der Waals surface area (Å²) in [6.07, 6.45) is 1.40. The third-order valence-corrected chi connectivity index (χ3v) is 2.28. The van der Waals surface area contributed by atoms with Crippen molar-refractivity contribution in [1.82, 2.24) is 10.6 Å². The summed E-state index contributed by atoms with van der Waals surface area (Å²) < 4.78 is 4.51. The van der Waals surface area contributed by atoms with Gasteiger partial charge in [0.2, 0.25) is 5.91 Å². The van der Waals surface area contributed by atoms with Crippen LogP contribution in [0.3, 0.4) is 0 Å². The molecule has 0 aliphatic heterocycles. The molecule has 0 unspecified atom stereocenters. The number of esters is 1. The average Bonchev–Trinajstić information content (AvgIpc) is 2.28. The van der Waals surface area contributed by atoms with Crippen molar-refractivity contribution in [3.05, 3.63) is 0 Å². The fourth-order valence-corrected chi connectivity index (χ4v) is 1.28. The number of nitrogens with one attached hydrogen (secondary N) is 2. The second kappa shape index (κ2) is 8.06. The first kappa shape index (κ1) is 14.9. The van der Waals surface area contributed by atoms with Gasteiger partial charge in [-0.2, -0.15) is 0 Å². The molecule has 6 heteroatoms. The maximum atomic E-state index is 11.7. The minimum Gasteiger partial charge on any atom is -0.467 e. The van der Waals surface area contributed by atoms with Gasteiger partial charge in [-0.3, -0.25) is 4.79 Å². The van der Waals surface area contributed by atoms with Crippen molar-refractivity contribution < 1.29 is 14.3 Å². The highest BCUT2D eigenvalue weighted by Crippen LogP contribution is 1.97. The molecule has 6 nitrogen and oxygen atoms in total. The third-order valence-electron chi connectivity index (χ3n) is 2.28. The molecule has 0 heterocycles. The van der Waals surface area contributed by atoms with Crippen LogP contribution in [0.15, 0.2) is 0 Å². The summed E-state index contributed by atoms with van der Waals surface area (Å²) in [6, 6.07) is -0.957. The lowest BCUT2D eigenvalue weighted by Gasteiger charge is -2.18. The van der Waals surface area contributed by atoms with Gasteiger partial charge in [-0.25, -0.2) is 4.79 Å². The molecule has 0 saturated heterocycles. The number of hydrogen-bond donors (Lipinski definition) is 3. The zero-order valence-electron chi connectivity index (χ0n) is 10.1. The zero-order valence-corrected chi connectivity index (χ0v) is 10.1. The Bertz CT molecular complexity index is 233. The summed E-state index contributed by atoms with van der Waals surface area (Å²) in [5.74, 6) is -0.670. The highest BCUT2D eigenvalue weighted by Gasteiger charge is 2.21. The molecule has 2 atom stereocenters. The van der Waals surface area contributed by atoms with Gasteiger partial charge >= 0.3 is 5.97 Å². The molecule has 1 amide bonds. The van der Waals surface area contributed by atoms with Crippen LogP contribution < -0.4 is 16.4 Å². The second-order valence-electron chi connectivity index (χ2n) is 3.53. The maximum Gasteiger partial charge on any atom is 0.328 e. The predicted molar refractivity (Wildman–Crippen MR) is 60.8 cm³/mol. The van der Waals surface area contributed by atoms with Crippen LogP contribution in [0.5, 0.6) is 0 Å². The monoisotopic (exact) mass is 231 g/mol. The maximum absolute atomic E-state index is 11.7. The normalized spacial score (nSPS) is 14.0. The zero-order chi connectivity index (χ0) is 12.6. The SMILES string of the molecule is CN[C@@H](CCCN)C(=O)N[C@H](C)C(=O)OC. The van der Waals surface area contributed by atoms with E-state index in [1.807, 2.05) is 0 Å². The van der Waals surface area contributed by atoms with E-state index in [4.69, 9.17) is 5.73 Å². The van der Waals surface area contributed by atoms with E-state index in [1.165, 1.54) is 7.11 Å². The van der Waals surface area contributed by atoms with Gasteiger partial charge in [-0.05, 0) is 33.4 Å². The van der Waals surface area contributed by atoms with Crippen molar-refractivity contribution in [3.63, 3.8) is 0 Å². The molecule has 0 aliphatic rings. The van der Waals surface area contributed by atoms with Crippen LogP contribution >= 0.6 is 0 Å². The molecule has 0 rings (SSSR count). The van der Waals surface area contributed by atoms with Crippen molar-refractivity contribution in [3.8, 4) is 0 Å². The number of rotatable bonds is 7. The minimum atomic E-state index is -0.633. The van der Waals surface area contributed by atoms with Gasteiger partial charge in [0, 0.05) is 0 Å². The molecule has 0 aromatic carbocycles. The van der Waals surface area contributed by atoms with Crippen LogP contribution in [0.25, 0.3) is 0 Å².